The highest BCUT2D eigenvalue weighted by Gasteiger charge is 2.40. The molecule has 7 heteroatoms. The molecule has 0 aliphatic heterocycles. The molecule has 7 nitrogen and oxygen atoms in total. The van der Waals surface area contributed by atoms with Crippen molar-refractivity contribution in [2.45, 2.75) is 26.7 Å². The second-order valence-corrected chi connectivity index (χ2v) is 4.69. The Hall–Kier alpha value is -1.18. The van der Waals surface area contributed by atoms with E-state index in [-0.39, 0.29) is 26.1 Å². The molecule has 0 aliphatic rings. The van der Waals surface area contributed by atoms with Gasteiger partial charge in [0.1, 0.15) is 10.8 Å². The zero-order valence-electron chi connectivity index (χ0n) is 11.3. The van der Waals surface area contributed by atoms with Gasteiger partial charge in [0.2, 0.25) is 0 Å². The summed E-state index contributed by atoms with van der Waals surface area (Å²) in [5.74, 6) is -2.39. The molecule has 0 saturated heterocycles. The fourth-order valence-electron chi connectivity index (χ4n) is 1.52. The summed E-state index contributed by atoms with van der Waals surface area (Å²) in [6, 6.07) is 0. The number of aliphatic hydroxyl groups is 2. The van der Waals surface area contributed by atoms with Crippen LogP contribution in [0.15, 0.2) is 0 Å². The van der Waals surface area contributed by atoms with E-state index in [1.807, 2.05) is 0 Å². The third-order valence-electron chi connectivity index (χ3n) is 3.62. The van der Waals surface area contributed by atoms with Crippen LogP contribution in [0.3, 0.4) is 0 Å². The molecule has 0 fully saturated rings. The lowest BCUT2D eigenvalue weighted by atomic mass is 9.85. The van der Waals surface area contributed by atoms with Crippen LogP contribution in [0, 0.1) is 10.8 Å². The van der Waals surface area contributed by atoms with Crippen molar-refractivity contribution in [2.75, 3.05) is 26.4 Å². The van der Waals surface area contributed by atoms with Crippen molar-refractivity contribution in [1.29, 1.82) is 0 Å². The summed E-state index contributed by atoms with van der Waals surface area (Å²) < 4.78 is 5.17. The minimum absolute atomic E-state index is 0.157. The predicted molar refractivity (Wildman–Crippen MR) is 65.7 cm³/mol. The van der Waals surface area contributed by atoms with Gasteiger partial charge in [0.15, 0.2) is 0 Å². The van der Waals surface area contributed by atoms with E-state index in [1.165, 1.54) is 0 Å². The van der Waals surface area contributed by atoms with E-state index in [4.69, 9.17) is 14.9 Å². The molecule has 0 spiro atoms. The van der Waals surface area contributed by atoms with Gasteiger partial charge in [-0.1, -0.05) is 13.8 Å². The molecular weight excluding hydrogens is 256 g/mol. The molecule has 0 saturated carbocycles. The van der Waals surface area contributed by atoms with Crippen molar-refractivity contribution < 1.29 is 34.8 Å². The number of hydrogen-bond acceptors (Lipinski definition) is 5. The Kier molecular flexibility index (Phi) is 6.96. The molecule has 0 aromatic heterocycles. The highest BCUT2D eigenvalue weighted by atomic mass is 16.5. The first-order valence-corrected chi connectivity index (χ1v) is 6.10. The van der Waals surface area contributed by atoms with Crippen LogP contribution in [-0.2, 0) is 14.3 Å². The molecule has 0 heterocycles. The average molecular weight is 278 g/mol. The van der Waals surface area contributed by atoms with Crippen molar-refractivity contribution >= 4 is 11.9 Å². The zero-order chi connectivity index (χ0) is 15.1. The van der Waals surface area contributed by atoms with Gasteiger partial charge in [-0.05, 0) is 12.8 Å². The van der Waals surface area contributed by atoms with Gasteiger partial charge in [0.05, 0.1) is 26.4 Å². The number of aliphatic carboxylic acids is 2. The van der Waals surface area contributed by atoms with Crippen molar-refractivity contribution in [3.8, 4) is 0 Å². The summed E-state index contributed by atoms with van der Waals surface area (Å²) in [5.41, 5.74) is -2.87. The van der Waals surface area contributed by atoms with Crippen molar-refractivity contribution in [3.63, 3.8) is 0 Å². The number of carbonyl (C=O) groups is 2. The Morgan fingerprint density at radius 3 is 1.37 bits per heavy atom. The lowest BCUT2D eigenvalue weighted by Gasteiger charge is -2.29. The second kappa shape index (κ2) is 7.42. The predicted octanol–water partition coefficient (Wildman–Crippen LogP) is -0.0504. The van der Waals surface area contributed by atoms with Gasteiger partial charge in [-0.25, -0.2) is 0 Å². The van der Waals surface area contributed by atoms with Crippen LogP contribution in [-0.4, -0.2) is 58.8 Å². The molecule has 0 amide bonds. The Bertz CT molecular complexity index is 275. The summed E-state index contributed by atoms with van der Waals surface area (Å²) in [5, 5.41) is 36.5. The number of carboxylic acids is 2. The van der Waals surface area contributed by atoms with Crippen LogP contribution < -0.4 is 0 Å². The molecule has 4 N–H and O–H groups in total. The summed E-state index contributed by atoms with van der Waals surface area (Å²) in [6.07, 6.45) is 0.314. The van der Waals surface area contributed by atoms with Crippen molar-refractivity contribution in [3.05, 3.63) is 0 Å². The monoisotopic (exact) mass is 278 g/mol. The van der Waals surface area contributed by atoms with Gasteiger partial charge in [-0.15, -0.1) is 0 Å². The van der Waals surface area contributed by atoms with Gasteiger partial charge in [-0.2, -0.15) is 0 Å². The van der Waals surface area contributed by atoms with Crippen molar-refractivity contribution in [1.82, 2.24) is 0 Å². The maximum Gasteiger partial charge on any atom is 0.314 e. The fourth-order valence-corrected chi connectivity index (χ4v) is 1.52. The maximum atomic E-state index is 11.1. The lowest BCUT2D eigenvalue weighted by Crippen LogP contribution is -2.43. The second-order valence-electron chi connectivity index (χ2n) is 4.69. The summed E-state index contributed by atoms with van der Waals surface area (Å²) in [4.78, 5) is 22.2. The van der Waals surface area contributed by atoms with E-state index in [9.17, 15) is 19.8 Å². The molecule has 2 atom stereocenters. The number of aliphatic hydroxyl groups excluding tert-OH is 2. The van der Waals surface area contributed by atoms with Gasteiger partial charge in [0.25, 0.3) is 0 Å². The standard InChI is InChI=1S/C12H22O7/c1-3-11(5-13,9(15)16)7-19-8-12(4-2,6-14)10(17)18/h13-14H,3-8H2,1-2H3,(H,15,16)(H,17,18). The molecule has 0 aromatic rings. The van der Waals surface area contributed by atoms with Crippen LogP contribution in [0.1, 0.15) is 26.7 Å². The van der Waals surface area contributed by atoms with Gasteiger partial charge < -0.3 is 25.2 Å². The van der Waals surface area contributed by atoms with E-state index < -0.39 is 36.0 Å². The smallest absolute Gasteiger partial charge is 0.314 e. The largest absolute Gasteiger partial charge is 0.481 e. The lowest BCUT2D eigenvalue weighted by molar-refractivity contribution is -0.163. The topological polar surface area (TPSA) is 124 Å². The Morgan fingerprint density at radius 1 is 0.895 bits per heavy atom. The highest BCUT2D eigenvalue weighted by molar-refractivity contribution is 5.75. The van der Waals surface area contributed by atoms with Crippen LogP contribution in [0.4, 0.5) is 0 Å². The Labute approximate surface area is 111 Å². The van der Waals surface area contributed by atoms with Gasteiger partial charge >= 0.3 is 11.9 Å². The summed E-state index contributed by atoms with van der Waals surface area (Å²) >= 11 is 0. The molecule has 112 valence electrons. The Morgan fingerprint density at radius 2 is 1.21 bits per heavy atom. The first-order chi connectivity index (χ1) is 8.84. The molecule has 19 heavy (non-hydrogen) atoms. The van der Waals surface area contributed by atoms with E-state index in [1.54, 1.807) is 13.8 Å². The number of ether oxygens (including phenoxy) is 1. The first kappa shape index (κ1) is 17.8. The quantitative estimate of drug-likeness (QED) is 0.441. The van der Waals surface area contributed by atoms with Crippen LogP contribution >= 0.6 is 0 Å². The molecule has 0 aliphatic carbocycles. The molecular formula is C12H22O7. The van der Waals surface area contributed by atoms with Gasteiger partial charge in [-0.3, -0.25) is 9.59 Å². The molecule has 0 aromatic carbocycles. The molecule has 2 unspecified atom stereocenters. The minimum atomic E-state index is -1.44. The van der Waals surface area contributed by atoms with E-state index in [2.05, 4.69) is 0 Å². The van der Waals surface area contributed by atoms with Crippen molar-refractivity contribution in [2.24, 2.45) is 10.8 Å². The first-order valence-electron chi connectivity index (χ1n) is 6.10. The molecule has 0 radical (unpaired) electrons. The van der Waals surface area contributed by atoms with E-state index >= 15 is 0 Å². The normalized spacial score (nSPS) is 17.5. The van der Waals surface area contributed by atoms with E-state index in [0.717, 1.165) is 0 Å². The SMILES string of the molecule is CCC(CO)(COCC(CC)(CO)C(=O)O)C(=O)O. The van der Waals surface area contributed by atoms with Crippen LogP contribution in [0.25, 0.3) is 0 Å². The maximum absolute atomic E-state index is 11.1. The Balaban J connectivity index is 4.72. The summed E-state index contributed by atoms with van der Waals surface area (Å²) in [7, 11) is 0. The summed E-state index contributed by atoms with van der Waals surface area (Å²) in [6.45, 7) is 1.41. The fraction of sp³-hybridized carbons (Fsp3) is 0.833. The van der Waals surface area contributed by atoms with Gasteiger partial charge in [0, 0.05) is 0 Å². The third-order valence-corrected chi connectivity index (χ3v) is 3.62. The number of carboxylic acid groups (broad SMARTS) is 2. The van der Waals surface area contributed by atoms with Crippen LogP contribution in [0.5, 0.6) is 0 Å². The highest BCUT2D eigenvalue weighted by Crippen LogP contribution is 2.26. The molecule has 0 rings (SSSR count). The number of hydrogen-bond donors (Lipinski definition) is 4. The van der Waals surface area contributed by atoms with Crippen LogP contribution in [0.2, 0.25) is 0 Å². The number of rotatable bonds is 10. The molecule has 0 bridgehead atoms. The third kappa shape index (κ3) is 3.89. The van der Waals surface area contributed by atoms with E-state index in [0.29, 0.717) is 0 Å². The zero-order valence-corrected chi connectivity index (χ0v) is 11.3. The minimum Gasteiger partial charge on any atom is -0.481 e. The average Bonchev–Trinajstić information content (AvgIpc) is 2.39.